The van der Waals surface area contributed by atoms with Crippen molar-refractivity contribution in [1.82, 2.24) is 0 Å². The van der Waals surface area contributed by atoms with Crippen LogP contribution in [-0.2, 0) is 0 Å². The molecule has 1 unspecified atom stereocenters. The fourth-order valence-corrected chi connectivity index (χ4v) is 4.25. The van der Waals surface area contributed by atoms with Gasteiger partial charge in [0.1, 0.15) is 23.1 Å². The molecule has 0 fully saturated rings. The van der Waals surface area contributed by atoms with Gasteiger partial charge >= 0.3 is 5.97 Å². The lowest BCUT2D eigenvalue weighted by molar-refractivity contribution is 0.0734. The van der Waals surface area contributed by atoms with E-state index >= 15 is 0 Å². The maximum absolute atomic E-state index is 12.6. The number of nitrogens with zero attached hydrogens (tertiary/aromatic N) is 1. The summed E-state index contributed by atoms with van der Waals surface area (Å²) in [5.74, 6) is 1.41. The summed E-state index contributed by atoms with van der Waals surface area (Å²) in [4.78, 5) is 12.6. The molecule has 0 saturated carbocycles. The number of esters is 1. The molecule has 3 aromatic rings. The second-order valence-corrected chi connectivity index (χ2v) is 9.88. The number of benzene rings is 3. The number of nitrogens with two attached hydrogens (primary N) is 1. The van der Waals surface area contributed by atoms with Crippen LogP contribution in [0.4, 0.5) is 0 Å². The number of ether oxygens (including phenoxy) is 4. The van der Waals surface area contributed by atoms with Gasteiger partial charge in [-0.1, -0.05) is 41.9 Å². The number of allylic oxidation sites excluding steroid dienone is 1. The lowest BCUT2D eigenvalue weighted by atomic mass is 9.83. The Bertz CT molecular complexity index is 1380. The molecular weight excluding hydrogens is 536 g/mol. The van der Waals surface area contributed by atoms with E-state index in [4.69, 9.17) is 24.7 Å². The molecule has 0 aromatic heterocycles. The van der Waals surface area contributed by atoms with Crippen LogP contribution in [0.2, 0.25) is 0 Å². The van der Waals surface area contributed by atoms with Crippen LogP contribution in [0.1, 0.15) is 47.7 Å². The lowest BCUT2D eigenvalue weighted by Gasteiger charge is -2.27. The van der Waals surface area contributed by atoms with E-state index in [1.54, 1.807) is 49.6 Å². The number of carbonyl (C=O) groups excluding carboxylic acids is 1. The molecule has 3 aromatic carbocycles. The van der Waals surface area contributed by atoms with Crippen molar-refractivity contribution < 1.29 is 23.7 Å². The van der Waals surface area contributed by atoms with Gasteiger partial charge in [-0.3, -0.25) is 0 Å². The first kappa shape index (κ1) is 26.1. The summed E-state index contributed by atoms with van der Waals surface area (Å²) in [6, 6.07) is 19.7. The Morgan fingerprint density at radius 3 is 2.54 bits per heavy atom. The van der Waals surface area contributed by atoms with Gasteiger partial charge in [0.05, 0.1) is 25.2 Å². The number of fused-ring (bicyclic) bond motifs is 1. The molecule has 0 bridgehead atoms. The molecule has 8 heteroatoms. The van der Waals surface area contributed by atoms with Crippen LogP contribution in [0.15, 0.2) is 76.6 Å². The van der Waals surface area contributed by atoms with Gasteiger partial charge in [0.15, 0.2) is 11.5 Å². The second-order valence-electron chi connectivity index (χ2n) is 8.96. The molecule has 1 atom stereocenters. The maximum atomic E-state index is 12.6. The van der Waals surface area contributed by atoms with E-state index in [1.807, 2.05) is 18.2 Å². The number of rotatable bonds is 8. The molecule has 1 heterocycles. The zero-order chi connectivity index (χ0) is 26.5. The van der Waals surface area contributed by atoms with Crippen LogP contribution in [0.3, 0.4) is 0 Å². The fourth-order valence-electron chi connectivity index (χ4n) is 3.98. The van der Waals surface area contributed by atoms with Crippen molar-refractivity contribution >= 4 is 21.9 Å². The molecule has 37 heavy (non-hydrogen) atoms. The highest BCUT2D eigenvalue weighted by Crippen LogP contribution is 2.45. The van der Waals surface area contributed by atoms with E-state index in [0.717, 1.165) is 16.5 Å². The quantitative estimate of drug-likeness (QED) is 0.253. The molecule has 0 spiro atoms. The Morgan fingerprint density at radius 2 is 1.86 bits per heavy atom. The summed E-state index contributed by atoms with van der Waals surface area (Å²) in [5.41, 5.74) is 8.34. The average Bonchev–Trinajstić information content (AvgIpc) is 2.88. The van der Waals surface area contributed by atoms with Crippen molar-refractivity contribution in [2.24, 2.45) is 11.7 Å². The number of nitriles is 1. The van der Waals surface area contributed by atoms with Crippen molar-refractivity contribution in [3.05, 3.63) is 93.3 Å². The summed E-state index contributed by atoms with van der Waals surface area (Å²) in [5, 5.41) is 9.89. The monoisotopic (exact) mass is 562 g/mol. The van der Waals surface area contributed by atoms with Crippen LogP contribution in [0.25, 0.3) is 0 Å². The van der Waals surface area contributed by atoms with Gasteiger partial charge in [0.2, 0.25) is 5.88 Å². The molecule has 0 radical (unpaired) electrons. The van der Waals surface area contributed by atoms with Crippen molar-refractivity contribution in [3.63, 3.8) is 0 Å². The van der Waals surface area contributed by atoms with E-state index in [-0.39, 0.29) is 11.5 Å². The first-order chi connectivity index (χ1) is 17.8. The van der Waals surface area contributed by atoms with Crippen molar-refractivity contribution in [2.45, 2.75) is 26.2 Å². The smallest absolute Gasteiger partial charge is 0.343 e. The maximum Gasteiger partial charge on any atom is 0.343 e. The van der Waals surface area contributed by atoms with Crippen LogP contribution < -0.4 is 24.7 Å². The fraction of sp³-hybridized carbons (Fsp3) is 0.241. The van der Waals surface area contributed by atoms with E-state index in [0.29, 0.717) is 46.6 Å². The van der Waals surface area contributed by atoms with Crippen LogP contribution in [-0.4, -0.2) is 19.7 Å². The molecule has 2 N–H and O–H groups in total. The normalized spacial score (nSPS) is 14.4. The van der Waals surface area contributed by atoms with E-state index in [9.17, 15) is 10.1 Å². The Labute approximate surface area is 224 Å². The highest BCUT2D eigenvalue weighted by molar-refractivity contribution is 9.10. The number of hydrogen-bond acceptors (Lipinski definition) is 7. The van der Waals surface area contributed by atoms with Crippen molar-refractivity contribution in [2.75, 3.05) is 13.7 Å². The number of carbonyl (C=O) groups is 1. The summed E-state index contributed by atoms with van der Waals surface area (Å²) in [6.07, 6.45) is 0.921. The highest BCUT2D eigenvalue weighted by atomic mass is 79.9. The standard InChI is InChI=1S/C29H27BrN2O5/c1-17(2)12-13-35-24-11-6-19(14-26(24)34-3)27-22-10-9-21(15-25(22)37-28(32)23(27)16-31)36-29(33)18-4-7-20(30)8-5-18/h4-11,14-15,17,27H,12-13,32H2,1-3H3. The largest absolute Gasteiger partial charge is 0.493 e. The summed E-state index contributed by atoms with van der Waals surface area (Å²) >= 11 is 3.35. The first-order valence-electron chi connectivity index (χ1n) is 11.8. The van der Waals surface area contributed by atoms with Gasteiger partial charge in [-0.15, -0.1) is 0 Å². The lowest BCUT2D eigenvalue weighted by Crippen LogP contribution is -2.21. The zero-order valence-corrected chi connectivity index (χ0v) is 22.4. The SMILES string of the molecule is COc1cc(C2C(C#N)=C(N)Oc3cc(OC(=O)c4ccc(Br)cc4)ccc32)ccc1OCCC(C)C. The summed E-state index contributed by atoms with van der Waals surface area (Å²) < 4.78 is 23.7. The molecule has 1 aliphatic rings. The Balaban J connectivity index is 1.64. The Kier molecular flexibility index (Phi) is 8.04. The summed E-state index contributed by atoms with van der Waals surface area (Å²) in [6.45, 7) is 4.85. The molecule has 0 amide bonds. The molecular formula is C29H27BrN2O5. The third-order valence-electron chi connectivity index (χ3n) is 5.95. The number of hydrogen-bond donors (Lipinski definition) is 1. The highest BCUT2D eigenvalue weighted by Gasteiger charge is 2.32. The van der Waals surface area contributed by atoms with Crippen LogP contribution in [0.5, 0.6) is 23.0 Å². The van der Waals surface area contributed by atoms with E-state index in [2.05, 4.69) is 35.8 Å². The minimum Gasteiger partial charge on any atom is -0.493 e. The van der Waals surface area contributed by atoms with E-state index < -0.39 is 11.9 Å². The minimum atomic E-state index is -0.501. The molecule has 190 valence electrons. The number of methoxy groups -OCH3 is 1. The van der Waals surface area contributed by atoms with Gasteiger partial charge in [-0.25, -0.2) is 4.79 Å². The third-order valence-corrected chi connectivity index (χ3v) is 6.48. The zero-order valence-electron chi connectivity index (χ0n) is 20.8. The van der Waals surface area contributed by atoms with Gasteiger partial charge in [-0.05, 0) is 60.4 Å². The molecule has 4 rings (SSSR count). The van der Waals surface area contributed by atoms with Gasteiger partial charge in [0.25, 0.3) is 0 Å². The average molecular weight is 563 g/mol. The van der Waals surface area contributed by atoms with Gasteiger partial charge in [-0.2, -0.15) is 5.26 Å². The topological polar surface area (TPSA) is 104 Å². The molecule has 7 nitrogen and oxygen atoms in total. The predicted molar refractivity (Wildman–Crippen MR) is 143 cm³/mol. The van der Waals surface area contributed by atoms with Crippen molar-refractivity contribution in [1.29, 1.82) is 5.26 Å². The molecule has 1 aliphatic heterocycles. The Morgan fingerprint density at radius 1 is 1.11 bits per heavy atom. The first-order valence-corrected chi connectivity index (χ1v) is 12.6. The third kappa shape index (κ3) is 5.89. The van der Waals surface area contributed by atoms with Crippen LogP contribution in [0, 0.1) is 17.2 Å². The predicted octanol–water partition coefficient (Wildman–Crippen LogP) is 6.32. The number of halogens is 1. The Hall–Kier alpha value is -3.96. The molecule has 0 aliphatic carbocycles. The second kappa shape index (κ2) is 11.4. The minimum absolute atomic E-state index is 0.00684. The molecule has 0 saturated heterocycles. The van der Waals surface area contributed by atoms with Crippen molar-refractivity contribution in [3.8, 4) is 29.1 Å². The van der Waals surface area contributed by atoms with Crippen LogP contribution >= 0.6 is 15.9 Å². The van der Waals surface area contributed by atoms with Gasteiger partial charge < -0.3 is 24.7 Å². The van der Waals surface area contributed by atoms with Gasteiger partial charge in [0, 0.05) is 16.1 Å². The summed E-state index contributed by atoms with van der Waals surface area (Å²) in [7, 11) is 1.58. The van der Waals surface area contributed by atoms with E-state index in [1.165, 1.54) is 0 Å².